The number of ether oxygens (including phenoxy) is 4. The van der Waals surface area contributed by atoms with Crippen molar-refractivity contribution in [3.63, 3.8) is 0 Å². The van der Waals surface area contributed by atoms with E-state index in [1.807, 2.05) is 13.8 Å². The van der Waals surface area contributed by atoms with Gasteiger partial charge in [0.2, 0.25) is 12.8 Å². The fourth-order valence-electron chi connectivity index (χ4n) is 6.53. The summed E-state index contributed by atoms with van der Waals surface area (Å²) in [5.74, 6) is -0.846. The highest BCUT2D eigenvalue weighted by molar-refractivity contribution is 5.92. The molecule has 6 atom stereocenters. The molecule has 210 valence electrons. The van der Waals surface area contributed by atoms with Crippen molar-refractivity contribution in [3.05, 3.63) is 22.5 Å². The van der Waals surface area contributed by atoms with Gasteiger partial charge in [-0.2, -0.15) is 0 Å². The Labute approximate surface area is 223 Å². The van der Waals surface area contributed by atoms with Crippen LogP contribution in [-0.4, -0.2) is 62.4 Å². The van der Waals surface area contributed by atoms with Gasteiger partial charge in [-0.1, -0.05) is 12.8 Å². The van der Waals surface area contributed by atoms with Gasteiger partial charge in [0.25, 0.3) is 0 Å². The molecule has 0 unspecified atom stereocenters. The number of nitrogens with one attached hydrogen (secondary N) is 2. The van der Waals surface area contributed by atoms with Crippen LogP contribution in [0.25, 0.3) is 0 Å². The van der Waals surface area contributed by atoms with E-state index in [0.717, 1.165) is 49.7 Å². The molecule has 10 nitrogen and oxygen atoms in total. The van der Waals surface area contributed by atoms with Gasteiger partial charge in [-0.05, 0) is 76.4 Å². The summed E-state index contributed by atoms with van der Waals surface area (Å²) in [7, 11) is 0. The first kappa shape index (κ1) is 28.3. The lowest BCUT2D eigenvalue weighted by Gasteiger charge is -2.34. The van der Waals surface area contributed by atoms with E-state index in [-0.39, 0.29) is 60.9 Å². The molecule has 2 saturated carbocycles. The fraction of sp³-hybridized carbons (Fsp3) is 0.714. The first-order valence-corrected chi connectivity index (χ1v) is 13.9. The third-order valence-electron chi connectivity index (χ3n) is 8.09. The smallest absolute Gasteiger partial charge is 0.354 e. The Hall–Kier alpha value is -2.72. The molecule has 2 amide bonds. The molecule has 4 fully saturated rings. The number of hydrogen-bond donors (Lipinski definition) is 2. The first-order chi connectivity index (χ1) is 18.4. The lowest BCUT2D eigenvalue weighted by atomic mass is 9.86. The molecule has 0 aromatic heterocycles. The number of unbranched alkanes of at least 4 members (excludes halogenated alkanes) is 1. The normalized spacial score (nSPS) is 32.9. The maximum absolute atomic E-state index is 12.8. The Morgan fingerprint density at radius 1 is 0.763 bits per heavy atom. The number of carbonyl (C=O) groups is 4. The van der Waals surface area contributed by atoms with Crippen LogP contribution in [0.3, 0.4) is 0 Å². The summed E-state index contributed by atoms with van der Waals surface area (Å²) in [6, 6.07) is 0. The summed E-state index contributed by atoms with van der Waals surface area (Å²) in [6.07, 6.45) is 9.11. The summed E-state index contributed by atoms with van der Waals surface area (Å²) in [4.78, 5) is 48.2. The summed E-state index contributed by atoms with van der Waals surface area (Å²) in [5.41, 5.74) is 2.27. The number of esters is 2. The van der Waals surface area contributed by atoms with Crippen molar-refractivity contribution < 1.29 is 38.1 Å². The largest absolute Gasteiger partial charge is 0.461 e. The molecule has 0 bridgehead atoms. The summed E-state index contributed by atoms with van der Waals surface area (Å²) in [6.45, 7) is 4.21. The molecule has 4 rings (SSSR count). The second-order valence-corrected chi connectivity index (χ2v) is 10.8. The molecule has 2 N–H and O–H groups in total. The Kier molecular flexibility index (Phi) is 9.96. The molecule has 2 aliphatic carbocycles. The Morgan fingerprint density at radius 2 is 1.18 bits per heavy atom. The van der Waals surface area contributed by atoms with E-state index in [0.29, 0.717) is 38.5 Å². The minimum absolute atomic E-state index is 0.0206. The lowest BCUT2D eigenvalue weighted by Crippen LogP contribution is -2.36. The van der Waals surface area contributed by atoms with Crippen molar-refractivity contribution in [2.24, 2.45) is 11.8 Å². The van der Waals surface area contributed by atoms with Gasteiger partial charge >= 0.3 is 11.9 Å². The quantitative estimate of drug-likeness (QED) is 0.180. The van der Waals surface area contributed by atoms with Crippen LogP contribution in [0.15, 0.2) is 22.5 Å². The highest BCUT2D eigenvalue weighted by Gasteiger charge is 2.40. The van der Waals surface area contributed by atoms with E-state index < -0.39 is 11.9 Å². The Morgan fingerprint density at radius 3 is 1.58 bits per heavy atom. The van der Waals surface area contributed by atoms with E-state index in [9.17, 15) is 19.2 Å². The van der Waals surface area contributed by atoms with Crippen LogP contribution >= 0.6 is 0 Å². The van der Waals surface area contributed by atoms with Crippen molar-refractivity contribution in [1.29, 1.82) is 0 Å². The van der Waals surface area contributed by atoms with Crippen molar-refractivity contribution in [3.8, 4) is 0 Å². The summed E-state index contributed by atoms with van der Waals surface area (Å²) in [5, 5.41) is 5.15. The number of amides is 2. The van der Waals surface area contributed by atoms with Gasteiger partial charge in [-0.3, -0.25) is 9.59 Å². The molecule has 2 saturated heterocycles. The van der Waals surface area contributed by atoms with Gasteiger partial charge in [0.15, 0.2) is 0 Å². The molecule has 2 aliphatic heterocycles. The van der Waals surface area contributed by atoms with Crippen LogP contribution in [0.4, 0.5) is 0 Å². The van der Waals surface area contributed by atoms with E-state index >= 15 is 0 Å². The maximum atomic E-state index is 12.8. The van der Waals surface area contributed by atoms with Crippen molar-refractivity contribution in [2.45, 2.75) is 102 Å². The molecule has 2 heterocycles. The SMILES string of the molecule is C[C@@H]1C/C(=C(/NC=O)C(=O)OCCCCOC(=O)/C(NC=O)=C2/C[C@@H](C)O[C@H]3CCC[C@@H]23)[C@@H]2CCC[C@@H]2O1. The van der Waals surface area contributed by atoms with Crippen LogP contribution in [-0.2, 0) is 38.1 Å². The number of hydrogen-bond acceptors (Lipinski definition) is 8. The molecule has 0 aromatic rings. The number of fused-ring (bicyclic) bond motifs is 2. The molecule has 38 heavy (non-hydrogen) atoms. The molecule has 0 spiro atoms. The molecular formula is C28H40N2O8. The maximum Gasteiger partial charge on any atom is 0.354 e. The number of rotatable bonds is 11. The minimum atomic E-state index is -0.550. The van der Waals surface area contributed by atoms with Crippen LogP contribution < -0.4 is 10.6 Å². The van der Waals surface area contributed by atoms with Crippen LogP contribution in [0.1, 0.15) is 78.1 Å². The second-order valence-electron chi connectivity index (χ2n) is 10.8. The van der Waals surface area contributed by atoms with E-state index in [1.54, 1.807) is 0 Å². The molecule has 0 aromatic carbocycles. The zero-order valence-electron chi connectivity index (χ0n) is 22.4. The van der Waals surface area contributed by atoms with Gasteiger partial charge < -0.3 is 29.6 Å². The van der Waals surface area contributed by atoms with Gasteiger partial charge in [-0.25, -0.2) is 9.59 Å². The van der Waals surface area contributed by atoms with Gasteiger partial charge in [0.05, 0.1) is 37.6 Å². The first-order valence-electron chi connectivity index (χ1n) is 13.9. The van der Waals surface area contributed by atoms with Crippen LogP contribution in [0, 0.1) is 11.8 Å². The molecule has 4 aliphatic rings. The average Bonchev–Trinajstić information content (AvgIpc) is 3.56. The van der Waals surface area contributed by atoms with E-state index in [1.165, 1.54) is 0 Å². The predicted molar refractivity (Wildman–Crippen MR) is 136 cm³/mol. The Balaban J connectivity index is 1.27. The standard InChI is InChI=1S/C28H40N2O8/c1-17-13-21(19-7-5-9-23(19)37-17)25(29-15-31)27(33)35-11-3-4-12-36-28(34)26(30-16-32)22-14-18(2)38-24-10-6-8-20(22)24/h15-20,23-24H,3-14H2,1-2H3,(H,29,31)(H,30,32)/b25-21-,26-22+/t17-,18-,19+,20+,23+,24+/m1/s1. The molecular weight excluding hydrogens is 492 g/mol. The third kappa shape index (κ3) is 6.64. The van der Waals surface area contributed by atoms with Gasteiger partial charge in [0, 0.05) is 11.8 Å². The summed E-state index contributed by atoms with van der Waals surface area (Å²) < 4.78 is 22.9. The fourth-order valence-corrected chi connectivity index (χ4v) is 6.53. The highest BCUT2D eigenvalue weighted by atomic mass is 16.5. The highest BCUT2D eigenvalue weighted by Crippen LogP contribution is 2.43. The van der Waals surface area contributed by atoms with E-state index in [4.69, 9.17) is 18.9 Å². The van der Waals surface area contributed by atoms with Crippen LogP contribution in [0.2, 0.25) is 0 Å². The third-order valence-corrected chi connectivity index (χ3v) is 8.09. The minimum Gasteiger partial charge on any atom is -0.461 e. The molecule has 0 radical (unpaired) electrons. The zero-order valence-corrected chi connectivity index (χ0v) is 22.4. The summed E-state index contributed by atoms with van der Waals surface area (Å²) >= 11 is 0. The lowest BCUT2D eigenvalue weighted by molar-refractivity contribution is -0.142. The monoisotopic (exact) mass is 532 g/mol. The van der Waals surface area contributed by atoms with E-state index in [2.05, 4.69) is 10.6 Å². The Bertz CT molecular complexity index is 885. The molecule has 10 heteroatoms. The zero-order chi connectivity index (χ0) is 27.1. The second kappa shape index (κ2) is 13.4. The van der Waals surface area contributed by atoms with Crippen molar-refractivity contribution >= 4 is 24.8 Å². The average molecular weight is 533 g/mol. The topological polar surface area (TPSA) is 129 Å². The van der Waals surface area contributed by atoms with Crippen LogP contribution in [0.5, 0.6) is 0 Å². The number of carbonyl (C=O) groups excluding carboxylic acids is 4. The van der Waals surface area contributed by atoms with Crippen molar-refractivity contribution in [2.75, 3.05) is 13.2 Å². The van der Waals surface area contributed by atoms with Gasteiger partial charge in [0.1, 0.15) is 11.4 Å². The predicted octanol–water partition coefficient (Wildman–Crippen LogP) is 2.81. The van der Waals surface area contributed by atoms with Crippen molar-refractivity contribution in [1.82, 2.24) is 10.6 Å². The van der Waals surface area contributed by atoms with Gasteiger partial charge in [-0.15, -0.1) is 0 Å².